The monoisotopic (exact) mass is 429 g/mol. The zero-order valence-corrected chi connectivity index (χ0v) is 16.4. The fraction of sp³-hybridized carbons (Fsp3) is 0.250. The molecule has 4 heterocycles. The molecule has 1 fully saturated rings. The number of carbonyl (C=O) groups excluding carboxylic acids is 1. The van der Waals surface area contributed by atoms with Gasteiger partial charge in [0.25, 0.3) is 5.91 Å². The Hall–Kier alpha value is -3.27. The van der Waals surface area contributed by atoms with Crippen LogP contribution in [-0.4, -0.2) is 52.6 Å². The predicted molar refractivity (Wildman–Crippen MR) is 108 cm³/mol. The SMILES string of the molecule is O=C(O)c1c2n(c3cc(F)c(N4CCN(C(=O)c5ccco5)CC4)cc3c1=O)CS2. The summed E-state index contributed by atoms with van der Waals surface area (Å²) in [6.45, 7) is 1.50. The third kappa shape index (κ3) is 2.78. The molecule has 1 saturated heterocycles. The van der Waals surface area contributed by atoms with Gasteiger partial charge in [-0.2, -0.15) is 0 Å². The van der Waals surface area contributed by atoms with Crippen molar-refractivity contribution in [3.8, 4) is 0 Å². The molecule has 0 atom stereocenters. The standard InChI is InChI=1S/C20H16FN3O5S/c21-12-9-13-11(17(25)16(20(27)28)19-24(13)10-30-19)8-14(12)22-3-5-23(6-4-22)18(26)15-2-1-7-29-15/h1-2,7-9H,3-6,10H2,(H,27,28). The molecule has 2 aliphatic heterocycles. The average Bonchev–Trinajstić information content (AvgIpc) is 3.24. The van der Waals surface area contributed by atoms with Crippen molar-refractivity contribution >= 4 is 40.2 Å². The van der Waals surface area contributed by atoms with Crippen molar-refractivity contribution in [3.05, 3.63) is 57.9 Å². The van der Waals surface area contributed by atoms with Crippen LogP contribution in [0, 0.1) is 5.82 Å². The molecule has 0 spiro atoms. The Labute approximate surface area is 173 Å². The first-order valence-corrected chi connectivity index (χ1v) is 10.3. The van der Waals surface area contributed by atoms with Crippen LogP contribution < -0.4 is 10.3 Å². The van der Waals surface area contributed by atoms with Crippen molar-refractivity contribution in [2.75, 3.05) is 31.1 Å². The number of carbonyl (C=O) groups is 2. The van der Waals surface area contributed by atoms with Crippen LogP contribution in [0.4, 0.5) is 10.1 Å². The molecule has 0 radical (unpaired) electrons. The van der Waals surface area contributed by atoms with Crippen molar-refractivity contribution in [2.45, 2.75) is 10.9 Å². The molecule has 10 heteroatoms. The number of carboxylic acids is 1. The van der Waals surface area contributed by atoms with Crippen LogP contribution in [0.3, 0.4) is 0 Å². The number of benzene rings is 1. The highest BCUT2D eigenvalue weighted by Gasteiger charge is 2.30. The molecule has 3 aromatic rings. The molecular weight excluding hydrogens is 413 g/mol. The molecule has 2 aliphatic rings. The number of furan rings is 1. The van der Waals surface area contributed by atoms with Crippen LogP contribution in [0.15, 0.2) is 44.8 Å². The lowest BCUT2D eigenvalue weighted by molar-refractivity contribution is 0.0687. The van der Waals surface area contributed by atoms with Crippen molar-refractivity contribution in [1.29, 1.82) is 0 Å². The Bertz CT molecular complexity index is 1250. The van der Waals surface area contributed by atoms with Crippen LogP contribution in [0.25, 0.3) is 10.9 Å². The van der Waals surface area contributed by atoms with E-state index in [2.05, 4.69) is 0 Å². The smallest absolute Gasteiger partial charge is 0.342 e. The normalized spacial score (nSPS) is 15.8. The number of aromatic carboxylic acids is 1. The highest BCUT2D eigenvalue weighted by Crippen LogP contribution is 2.37. The molecule has 30 heavy (non-hydrogen) atoms. The number of halogens is 1. The summed E-state index contributed by atoms with van der Waals surface area (Å²) in [7, 11) is 0. The van der Waals surface area contributed by atoms with Crippen molar-refractivity contribution in [1.82, 2.24) is 9.47 Å². The van der Waals surface area contributed by atoms with Crippen LogP contribution in [0.1, 0.15) is 20.9 Å². The number of hydrogen-bond acceptors (Lipinski definition) is 6. The first-order valence-electron chi connectivity index (χ1n) is 9.29. The van der Waals surface area contributed by atoms with E-state index >= 15 is 0 Å². The molecule has 1 N–H and O–H groups in total. The van der Waals surface area contributed by atoms with Gasteiger partial charge in [-0.25, -0.2) is 9.18 Å². The van der Waals surface area contributed by atoms with E-state index in [0.29, 0.717) is 42.6 Å². The predicted octanol–water partition coefficient (Wildman–Crippen LogP) is 2.46. The molecule has 0 unspecified atom stereocenters. The third-order valence-corrected chi connectivity index (χ3v) is 6.56. The maximum Gasteiger partial charge on any atom is 0.342 e. The number of nitrogens with zero attached hydrogens (tertiary/aromatic N) is 3. The van der Waals surface area contributed by atoms with Gasteiger partial charge in [-0.05, 0) is 18.2 Å². The summed E-state index contributed by atoms with van der Waals surface area (Å²) in [6.07, 6.45) is 1.44. The van der Waals surface area contributed by atoms with Gasteiger partial charge in [0.2, 0.25) is 5.43 Å². The van der Waals surface area contributed by atoms with Crippen molar-refractivity contribution < 1.29 is 23.5 Å². The van der Waals surface area contributed by atoms with Gasteiger partial charge in [-0.3, -0.25) is 9.59 Å². The highest BCUT2D eigenvalue weighted by atomic mass is 32.2. The van der Waals surface area contributed by atoms with Crippen LogP contribution >= 0.6 is 11.8 Å². The fourth-order valence-corrected chi connectivity index (χ4v) is 4.85. The fourth-order valence-electron chi connectivity index (χ4n) is 3.91. The van der Waals surface area contributed by atoms with Gasteiger partial charge in [0.15, 0.2) is 5.76 Å². The molecule has 1 amide bonds. The van der Waals surface area contributed by atoms with E-state index in [-0.39, 0.29) is 28.3 Å². The summed E-state index contributed by atoms with van der Waals surface area (Å²) in [4.78, 5) is 40.2. The summed E-state index contributed by atoms with van der Waals surface area (Å²) in [6, 6.07) is 5.96. The Kier molecular flexibility index (Phi) is 4.31. The molecular formula is C20H16FN3O5S. The van der Waals surface area contributed by atoms with E-state index in [0.717, 1.165) is 0 Å². The maximum atomic E-state index is 14.9. The second kappa shape index (κ2) is 6.91. The quantitative estimate of drug-likeness (QED) is 0.683. The molecule has 0 aliphatic carbocycles. The van der Waals surface area contributed by atoms with Gasteiger partial charge in [0.1, 0.15) is 11.4 Å². The largest absolute Gasteiger partial charge is 0.477 e. The van der Waals surface area contributed by atoms with Crippen molar-refractivity contribution in [2.24, 2.45) is 0 Å². The molecule has 1 aromatic carbocycles. The lowest BCUT2D eigenvalue weighted by Crippen LogP contribution is -2.49. The molecule has 154 valence electrons. The minimum atomic E-state index is -1.28. The van der Waals surface area contributed by atoms with Crippen LogP contribution in [-0.2, 0) is 5.88 Å². The molecule has 0 bridgehead atoms. The molecule has 2 aromatic heterocycles. The van der Waals surface area contributed by atoms with E-state index in [4.69, 9.17) is 4.42 Å². The minimum Gasteiger partial charge on any atom is -0.477 e. The topological polar surface area (TPSA) is 96.0 Å². The van der Waals surface area contributed by atoms with Gasteiger partial charge < -0.3 is 23.9 Å². The number of thioether (sulfide) groups is 1. The Morgan fingerprint density at radius 3 is 2.53 bits per heavy atom. The Morgan fingerprint density at radius 1 is 1.17 bits per heavy atom. The third-order valence-electron chi connectivity index (χ3n) is 5.47. The number of fused-ring (bicyclic) bond motifs is 3. The first-order chi connectivity index (χ1) is 14.5. The number of pyridine rings is 1. The number of aromatic nitrogens is 1. The number of rotatable bonds is 3. The zero-order valence-electron chi connectivity index (χ0n) is 15.6. The van der Waals surface area contributed by atoms with Crippen molar-refractivity contribution in [3.63, 3.8) is 0 Å². The summed E-state index contributed by atoms with van der Waals surface area (Å²) in [5, 5.41) is 9.98. The van der Waals surface area contributed by atoms with E-state index in [1.165, 1.54) is 30.2 Å². The van der Waals surface area contributed by atoms with Gasteiger partial charge in [-0.15, -0.1) is 0 Å². The summed E-state index contributed by atoms with van der Waals surface area (Å²) < 4.78 is 21.7. The first kappa shape index (κ1) is 18.7. The van der Waals surface area contributed by atoms with Gasteiger partial charge in [0.05, 0.1) is 28.4 Å². The zero-order chi connectivity index (χ0) is 21.0. The van der Waals surface area contributed by atoms with Gasteiger partial charge in [-0.1, -0.05) is 11.8 Å². The summed E-state index contributed by atoms with van der Waals surface area (Å²) >= 11 is 1.26. The Morgan fingerprint density at radius 2 is 1.93 bits per heavy atom. The number of anilines is 1. The number of piperazine rings is 1. The second-order valence-corrected chi connectivity index (χ2v) is 8.03. The van der Waals surface area contributed by atoms with Crippen LogP contribution in [0.5, 0.6) is 0 Å². The molecule has 8 nitrogen and oxygen atoms in total. The van der Waals surface area contributed by atoms with E-state index in [9.17, 15) is 23.9 Å². The second-order valence-electron chi connectivity index (χ2n) is 7.09. The van der Waals surface area contributed by atoms with E-state index < -0.39 is 17.2 Å². The van der Waals surface area contributed by atoms with Gasteiger partial charge in [0, 0.05) is 37.6 Å². The minimum absolute atomic E-state index is 0.182. The maximum absolute atomic E-state index is 14.9. The highest BCUT2D eigenvalue weighted by molar-refractivity contribution is 7.99. The van der Waals surface area contributed by atoms with Gasteiger partial charge >= 0.3 is 5.97 Å². The van der Waals surface area contributed by atoms with E-state index in [1.807, 2.05) is 0 Å². The Balaban J connectivity index is 1.47. The molecule has 5 rings (SSSR count). The number of amides is 1. The average molecular weight is 429 g/mol. The lowest BCUT2D eigenvalue weighted by Gasteiger charge is -2.36. The number of hydrogen-bond donors (Lipinski definition) is 1. The summed E-state index contributed by atoms with van der Waals surface area (Å²) in [5.74, 6) is -1.26. The van der Waals surface area contributed by atoms with E-state index in [1.54, 1.807) is 26.5 Å². The van der Waals surface area contributed by atoms with Crippen LogP contribution in [0.2, 0.25) is 0 Å². The number of carboxylic acid groups (broad SMARTS) is 1. The summed E-state index contributed by atoms with van der Waals surface area (Å²) in [5.41, 5.74) is -0.255. The lowest BCUT2D eigenvalue weighted by atomic mass is 10.1. The molecule has 0 saturated carbocycles.